The van der Waals surface area contributed by atoms with Crippen LogP contribution >= 0.6 is 11.8 Å². The first kappa shape index (κ1) is 16.0. The van der Waals surface area contributed by atoms with Crippen LogP contribution in [0.15, 0.2) is 34.7 Å². The first-order valence-corrected chi connectivity index (χ1v) is 10.2. The summed E-state index contributed by atoms with van der Waals surface area (Å²) in [6, 6.07) is 8.19. The molecule has 0 aromatic heterocycles. The van der Waals surface area contributed by atoms with Crippen molar-refractivity contribution >= 4 is 17.7 Å². The van der Waals surface area contributed by atoms with Crippen LogP contribution < -0.4 is 4.74 Å². The number of hydrogen-bond donors (Lipinski definition) is 0. The maximum atomic E-state index is 13.0. The number of ether oxygens (including phenoxy) is 1. The summed E-state index contributed by atoms with van der Waals surface area (Å²) in [5.74, 6) is 1.41. The Bertz CT molecular complexity index is 834. The Morgan fingerprint density at radius 2 is 1.84 bits per heavy atom. The van der Waals surface area contributed by atoms with Crippen LogP contribution in [0.2, 0.25) is 0 Å². The molecular formula is C22H26O2S. The lowest BCUT2D eigenvalue weighted by Gasteiger charge is -2.49. The zero-order valence-corrected chi connectivity index (χ0v) is 16.5. The van der Waals surface area contributed by atoms with Crippen molar-refractivity contribution < 1.29 is 9.53 Å². The molecule has 132 valence electrons. The molecule has 1 aromatic rings. The van der Waals surface area contributed by atoms with Crippen molar-refractivity contribution in [2.24, 2.45) is 22.7 Å². The number of carbonyl (C=O) groups excluding carboxylic acids is 1. The van der Waals surface area contributed by atoms with Gasteiger partial charge in [-0.2, -0.15) is 0 Å². The van der Waals surface area contributed by atoms with Gasteiger partial charge in [0.1, 0.15) is 5.75 Å². The van der Waals surface area contributed by atoms with Crippen molar-refractivity contribution in [2.45, 2.75) is 58.1 Å². The average molecular weight is 355 g/mol. The van der Waals surface area contributed by atoms with Gasteiger partial charge in [0.15, 0.2) is 0 Å². The van der Waals surface area contributed by atoms with Crippen LogP contribution in [-0.2, 0) is 4.79 Å². The molecule has 0 N–H and O–H groups in total. The molecular weight excluding hydrogens is 328 g/mol. The maximum Gasteiger partial charge on any atom is 0.316 e. The topological polar surface area (TPSA) is 26.3 Å². The molecule has 1 saturated carbocycles. The molecule has 0 amide bonds. The number of allylic oxidation sites excluding steroid dienone is 2. The zero-order chi connectivity index (χ0) is 17.8. The van der Waals surface area contributed by atoms with E-state index in [9.17, 15) is 4.79 Å². The highest BCUT2D eigenvalue weighted by Gasteiger charge is 2.67. The molecule has 4 aliphatic rings. The first-order valence-electron chi connectivity index (χ1n) is 9.43. The fraction of sp³-hybridized carbons (Fsp3) is 0.591. The Morgan fingerprint density at radius 1 is 1.12 bits per heavy atom. The van der Waals surface area contributed by atoms with Gasteiger partial charge in [-0.25, -0.2) is 0 Å². The second-order valence-corrected chi connectivity index (χ2v) is 11.2. The van der Waals surface area contributed by atoms with Crippen molar-refractivity contribution in [1.29, 1.82) is 0 Å². The van der Waals surface area contributed by atoms with E-state index in [1.54, 1.807) is 10.5 Å². The third-order valence-corrected chi connectivity index (χ3v) is 9.54. The van der Waals surface area contributed by atoms with Crippen LogP contribution in [0.3, 0.4) is 0 Å². The van der Waals surface area contributed by atoms with Gasteiger partial charge in [-0.05, 0) is 54.6 Å². The molecule has 0 saturated heterocycles. The highest BCUT2D eigenvalue weighted by atomic mass is 32.2. The number of benzene rings is 1. The zero-order valence-electron chi connectivity index (χ0n) is 15.7. The lowest BCUT2D eigenvalue weighted by Crippen LogP contribution is -2.47. The first-order chi connectivity index (χ1) is 11.7. The van der Waals surface area contributed by atoms with E-state index >= 15 is 0 Å². The Balaban J connectivity index is 1.80. The minimum atomic E-state index is -0.141. The van der Waals surface area contributed by atoms with E-state index in [0.717, 1.165) is 5.75 Å². The van der Waals surface area contributed by atoms with Gasteiger partial charge in [-0.1, -0.05) is 39.0 Å². The standard InChI is InChI=1S/C22H26O2S/c1-20(2)13-10-11-22(20,5)18-16(13)15-12-8-6-7-9-14(12)24-19(23)17(15)21(3,4)25-18/h6-9,13,15,17H,10-11H2,1-5H3/t13-,15+,17-,22+/m1/s1. The van der Waals surface area contributed by atoms with Crippen molar-refractivity contribution in [2.75, 3.05) is 0 Å². The summed E-state index contributed by atoms with van der Waals surface area (Å²) in [6.45, 7) is 11.8. The van der Waals surface area contributed by atoms with E-state index < -0.39 is 0 Å². The predicted octanol–water partition coefficient (Wildman–Crippen LogP) is 5.54. The predicted molar refractivity (Wildman–Crippen MR) is 102 cm³/mol. The number of esters is 1. The Labute approximate surface area is 154 Å². The number of thioether (sulfide) groups is 1. The maximum absolute atomic E-state index is 13.0. The fourth-order valence-electron chi connectivity index (χ4n) is 6.13. The molecule has 2 aliphatic carbocycles. The van der Waals surface area contributed by atoms with E-state index in [1.165, 1.54) is 18.4 Å². The Hall–Kier alpha value is -1.22. The summed E-state index contributed by atoms with van der Waals surface area (Å²) in [5.41, 5.74) is 3.30. The molecule has 1 fully saturated rings. The molecule has 0 unspecified atom stereocenters. The largest absolute Gasteiger partial charge is 0.426 e. The summed E-state index contributed by atoms with van der Waals surface area (Å²) in [7, 11) is 0. The highest BCUT2D eigenvalue weighted by Crippen LogP contribution is 2.76. The molecule has 1 aromatic carbocycles. The van der Waals surface area contributed by atoms with Gasteiger partial charge in [-0.3, -0.25) is 4.79 Å². The lowest BCUT2D eigenvalue weighted by atomic mass is 9.67. The van der Waals surface area contributed by atoms with Crippen LogP contribution in [0.1, 0.15) is 58.9 Å². The molecule has 5 rings (SSSR count). The van der Waals surface area contributed by atoms with Gasteiger partial charge in [0.25, 0.3) is 0 Å². The summed E-state index contributed by atoms with van der Waals surface area (Å²) < 4.78 is 5.63. The minimum absolute atomic E-state index is 0.0431. The summed E-state index contributed by atoms with van der Waals surface area (Å²) >= 11 is 1.97. The van der Waals surface area contributed by atoms with Crippen molar-refractivity contribution in [3.8, 4) is 5.75 Å². The van der Waals surface area contributed by atoms with Crippen LogP contribution in [0.4, 0.5) is 0 Å². The van der Waals surface area contributed by atoms with Gasteiger partial charge in [0.05, 0.1) is 5.92 Å². The highest BCUT2D eigenvalue weighted by molar-refractivity contribution is 8.04. The van der Waals surface area contributed by atoms with E-state index in [2.05, 4.69) is 46.8 Å². The van der Waals surface area contributed by atoms with Gasteiger partial charge in [0, 0.05) is 21.6 Å². The number of carbonyl (C=O) groups is 1. The molecule has 2 heterocycles. The second kappa shape index (κ2) is 4.54. The van der Waals surface area contributed by atoms with Crippen molar-refractivity contribution in [1.82, 2.24) is 0 Å². The molecule has 2 aliphatic heterocycles. The SMILES string of the molecule is CC1(C)SC2=C([C@@H]3c4ccccc4OC(=O)[C@@H]31)[C@H]1CC[C@]2(C)C1(C)C. The third-order valence-electron chi connectivity index (χ3n) is 7.87. The average Bonchev–Trinajstić information content (AvgIpc) is 2.85. The molecule has 4 atom stereocenters. The van der Waals surface area contributed by atoms with Gasteiger partial charge >= 0.3 is 5.97 Å². The number of hydrogen-bond acceptors (Lipinski definition) is 3. The lowest BCUT2D eigenvalue weighted by molar-refractivity contribution is -0.142. The van der Waals surface area contributed by atoms with Crippen molar-refractivity contribution in [3.05, 3.63) is 40.3 Å². The number of para-hydroxylation sites is 1. The van der Waals surface area contributed by atoms with Crippen LogP contribution in [0.25, 0.3) is 0 Å². The molecule has 3 heteroatoms. The monoisotopic (exact) mass is 354 g/mol. The number of fused-ring (bicyclic) bond motifs is 8. The second-order valence-electron chi connectivity index (χ2n) is 9.55. The van der Waals surface area contributed by atoms with Crippen molar-refractivity contribution in [3.63, 3.8) is 0 Å². The molecule has 25 heavy (non-hydrogen) atoms. The van der Waals surface area contributed by atoms with E-state index in [1.807, 2.05) is 23.9 Å². The van der Waals surface area contributed by atoms with Crippen LogP contribution in [-0.4, -0.2) is 10.7 Å². The molecule has 2 nitrogen and oxygen atoms in total. The van der Waals surface area contributed by atoms with Crippen LogP contribution in [0.5, 0.6) is 5.75 Å². The summed E-state index contributed by atoms with van der Waals surface area (Å²) in [5, 5.41) is 0. The Kier molecular flexibility index (Phi) is 2.90. The summed E-state index contributed by atoms with van der Waals surface area (Å²) in [4.78, 5) is 14.6. The van der Waals surface area contributed by atoms with E-state index in [0.29, 0.717) is 5.92 Å². The smallest absolute Gasteiger partial charge is 0.316 e. The minimum Gasteiger partial charge on any atom is -0.426 e. The van der Waals surface area contributed by atoms with Gasteiger partial charge in [0.2, 0.25) is 0 Å². The normalized spacial score (nSPS) is 39.6. The van der Waals surface area contributed by atoms with E-state index in [4.69, 9.17) is 4.74 Å². The van der Waals surface area contributed by atoms with Gasteiger partial charge in [-0.15, -0.1) is 11.8 Å². The molecule has 0 radical (unpaired) electrons. The van der Waals surface area contributed by atoms with E-state index in [-0.39, 0.29) is 33.4 Å². The quantitative estimate of drug-likeness (QED) is 0.452. The molecule has 0 spiro atoms. The molecule has 2 bridgehead atoms. The Morgan fingerprint density at radius 3 is 2.60 bits per heavy atom. The van der Waals surface area contributed by atoms with Crippen LogP contribution in [0, 0.1) is 22.7 Å². The summed E-state index contributed by atoms with van der Waals surface area (Å²) in [6.07, 6.45) is 2.53. The third kappa shape index (κ3) is 1.71. The fourth-order valence-corrected chi connectivity index (χ4v) is 8.00. The number of rotatable bonds is 0. The van der Waals surface area contributed by atoms with Gasteiger partial charge < -0.3 is 4.74 Å².